The Morgan fingerprint density at radius 2 is 2.04 bits per heavy atom. The van der Waals surface area contributed by atoms with Crippen molar-refractivity contribution in [1.82, 2.24) is 5.32 Å². The fourth-order valence-electron chi connectivity index (χ4n) is 3.04. The van der Waals surface area contributed by atoms with Crippen molar-refractivity contribution in [2.24, 2.45) is 0 Å². The number of halogens is 1. The molecule has 1 aliphatic heterocycles. The number of carbonyl (C=O) groups is 1. The Bertz CT molecular complexity index is 911. The largest absolute Gasteiger partial charge is 0.458 e. The second kappa shape index (κ2) is 8.14. The van der Waals surface area contributed by atoms with E-state index in [9.17, 15) is 9.18 Å². The van der Waals surface area contributed by atoms with Crippen molar-refractivity contribution in [1.29, 1.82) is 0 Å². The number of benzene rings is 2. The molecule has 0 bridgehead atoms. The molecule has 0 amide bonds. The maximum atomic E-state index is 13.8. The van der Waals surface area contributed by atoms with E-state index in [1.807, 2.05) is 30.3 Å². The number of hydrogen-bond donors (Lipinski definition) is 1. The van der Waals surface area contributed by atoms with E-state index in [2.05, 4.69) is 11.9 Å². The number of nitrogens with one attached hydrogen (secondary N) is 1. The molecule has 4 nitrogen and oxygen atoms in total. The van der Waals surface area contributed by atoms with Crippen LogP contribution < -0.4 is 10.2 Å². The van der Waals surface area contributed by atoms with Crippen LogP contribution in [-0.4, -0.2) is 17.7 Å². The average molecular weight is 382 g/mol. The lowest BCUT2D eigenvalue weighted by molar-refractivity contribution is -0.138. The highest BCUT2D eigenvalue weighted by molar-refractivity contribution is 7.80. The molecule has 1 aliphatic rings. The number of para-hydroxylation sites is 1. The maximum Gasteiger partial charge on any atom is 0.338 e. The Hall–Kier alpha value is -2.99. The minimum Gasteiger partial charge on any atom is -0.458 e. The van der Waals surface area contributed by atoms with Crippen LogP contribution in [0.5, 0.6) is 0 Å². The summed E-state index contributed by atoms with van der Waals surface area (Å²) in [5, 5.41) is 3.58. The average Bonchev–Trinajstić information content (AvgIpc) is 2.66. The zero-order valence-corrected chi connectivity index (χ0v) is 15.6. The SMILES string of the molecule is C=CCOC(=O)C1=C(C)N(c2ccccc2)C(=S)N[C@H]1c1cccc(F)c1. The van der Waals surface area contributed by atoms with Crippen molar-refractivity contribution in [3.8, 4) is 0 Å². The van der Waals surface area contributed by atoms with E-state index in [-0.39, 0.29) is 12.4 Å². The van der Waals surface area contributed by atoms with E-state index in [1.54, 1.807) is 24.0 Å². The van der Waals surface area contributed by atoms with Gasteiger partial charge >= 0.3 is 5.97 Å². The molecule has 0 radical (unpaired) electrons. The summed E-state index contributed by atoms with van der Waals surface area (Å²) in [6, 6.07) is 14.9. The van der Waals surface area contributed by atoms with Gasteiger partial charge in [-0.1, -0.05) is 43.0 Å². The van der Waals surface area contributed by atoms with Gasteiger partial charge in [-0.15, -0.1) is 0 Å². The molecule has 0 aliphatic carbocycles. The Labute approximate surface area is 162 Å². The van der Waals surface area contributed by atoms with Crippen molar-refractivity contribution < 1.29 is 13.9 Å². The molecule has 1 heterocycles. The topological polar surface area (TPSA) is 41.6 Å². The monoisotopic (exact) mass is 382 g/mol. The molecule has 2 aromatic rings. The molecular weight excluding hydrogens is 363 g/mol. The van der Waals surface area contributed by atoms with Gasteiger partial charge in [0.25, 0.3) is 0 Å². The first kappa shape index (κ1) is 18.8. The Morgan fingerprint density at radius 3 is 2.70 bits per heavy atom. The van der Waals surface area contributed by atoms with E-state index in [0.29, 0.717) is 21.9 Å². The van der Waals surface area contributed by atoms with Gasteiger partial charge < -0.3 is 10.1 Å². The minimum atomic E-state index is -0.606. The summed E-state index contributed by atoms with van der Waals surface area (Å²) in [6.07, 6.45) is 1.50. The van der Waals surface area contributed by atoms with Crippen molar-refractivity contribution in [3.05, 3.63) is 89.9 Å². The summed E-state index contributed by atoms with van der Waals surface area (Å²) < 4.78 is 19.1. The third-order valence-electron chi connectivity index (χ3n) is 4.23. The second-order valence-corrected chi connectivity index (χ2v) is 6.38. The van der Waals surface area contributed by atoms with Crippen LogP contribution in [0.25, 0.3) is 0 Å². The van der Waals surface area contributed by atoms with E-state index in [1.165, 1.54) is 18.2 Å². The molecule has 0 spiro atoms. The minimum absolute atomic E-state index is 0.0846. The van der Waals surface area contributed by atoms with Crippen molar-refractivity contribution in [2.75, 3.05) is 11.5 Å². The van der Waals surface area contributed by atoms with Gasteiger partial charge in [-0.2, -0.15) is 0 Å². The standard InChI is InChI=1S/C21H19FN2O2S/c1-3-12-26-20(25)18-14(2)24(17-10-5-4-6-11-17)21(27)23-19(18)15-8-7-9-16(22)13-15/h3-11,13,19H,1,12H2,2H3,(H,23,27)/t19-/m0/s1. The van der Waals surface area contributed by atoms with Crippen LogP contribution in [0.3, 0.4) is 0 Å². The lowest BCUT2D eigenvalue weighted by Crippen LogP contribution is -2.48. The summed E-state index contributed by atoms with van der Waals surface area (Å²) >= 11 is 5.54. The zero-order chi connectivity index (χ0) is 19.4. The van der Waals surface area contributed by atoms with E-state index >= 15 is 0 Å². The van der Waals surface area contributed by atoms with E-state index in [0.717, 1.165) is 5.69 Å². The summed E-state index contributed by atoms with van der Waals surface area (Å²) in [5.41, 5.74) is 2.42. The Balaban J connectivity index is 2.11. The van der Waals surface area contributed by atoms with Gasteiger partial charge in [0.15, 0.2) is 5.11 Å². The van der Waals surface area contributed by atoms with Crippen LogP contribution in [-0.2, 0) is 9.53 Å². The molecular formula is C21H19FN2O2S. The van der Waals surface area contributed by atoms with Crippen LogP contribution >= 0.6 is 12.2 Å². The maximum absolute atomic E-state index is 13.8. The second-order valence-electron chi connectivity index (χ2n) is 5.99. The van der Waals surface area contributed by atoms with Gasteiger partial charge in [-0.3, -0.25) is 4.90 Å². The molecule has 138 valence electrons. The third-order valence-corrected chi connectivity index (χ3v) is 4.53. The molecule has 2 aromatic carbocycles. The number of allylic oxidation sites excluding steroid dienone is 1. The van der Waals surface area contributed by atoms with Crippen molar-refractivity contribution >= 4 is 29.0 Å². The molecule has 0 aromatic heterocycles. The third kappa shape index (κ3) is 3.90. The molecule has 27 heavy (non-hydrogen) atoms. The molecule has 0 fully saturated rings. The summed E-state index contributed by atoms with van der Waals surface area (Å²) in [4.78, 5) is 14.6. The number of rotatable bonds is 5. The normalized spacial score (nSPS) is 16.7. The first-order valence-electron chi connectivity index (χ1n) is 8.43. The van der Waals surface area contributed by atoms with Crippen LogP contribution in [0.15, 0.2) is 78.5 Å². The summed E-state index contributed by atoms with van der Waals surface area (Å²) in [5.74, 6) is -0.889. The number of nitrogens with zero attached hydrogens (tertiary/aromatic N) is 1. The van der Waals surface area contributed by atoms with Gasteiger partial charge in [-0.05, 0) is 49.0 Å². The zero-order valence-electron chi connectivity index (χ0n) is 14.8. The number of anilines is 1. The summed E-state index contributed by atoms with van der Waals surface area (Å²) in [7, 11) is 0. The van der Waals surface area contributed by atoms with Crippen LogP contribution in [0.2, 0.25) is 0 Å². The van der Waals surface area contributed by atoms with Crippen LogP contribution in [0, 0.1) is 5.82 Å². The Morgan fingerprint density at radius 1 is 1.30 bits per heavy atom. The number of carbonyl (C=O) groups excluding carboxylic acids is 1. The highest BCUT2D eigenvalue weighted by atomic mass is 32.1. The van der Waals surface area contributed by atoms with Gasteiger partial charge in [0.1, 0.15) is 12.4 Å². The smallest absolute Gasteiger partial charge is 0.338 e. The van der Waals surface area contributed by atoms with E-state index < -0.39 is 12.0 Å². The fourth-order valence-corrected chi connectivity index (χ4v) is 3.40. The molecule has 6 heteroatoms. The molecule has 0 saturated heterocycles. The van der Waals surface area contributed by atoms with E-state index in [4.69, 9.17) is 17.0 Å². The fraction of sp³-hybridized carbons (Fsp3) is 0.143. The number of ether oxygens (including phenoxy) is 1. The quantitative estimate of drug-likeness (QED) is 0.475. The highest BCUT2D eigenvalue weighted by Crippen LogP contribution is 2.34. The van der Waals surface area contributed by atoms with Gasteiger partial charge in [0, 0.05) is 11.4 Å². The van der Waals surface area contributed by atoms with Gasteiger partial charge in [-0.25, -0.2) is 9.18 Å². The summed E-state index contributed by atoms with van der Waals surface area (Å²) in [6.45, 7) is 5.46. The lowest BCUT2D eigenvalue weighted by Gasteiger charge is -2.37. The Kier molecular flexibility index (Phi) is 5.66. The predicted molar refractivity (Wildman–Crippen MR) is 108 cm³/mol. The number of thiocarbonyl (C=S) groups is 1. The van der Waals surface area contributed by atoms with Crippen molar-refractivity contribution in [3.63, 3.8) is 0 Å². The number of esters is 1. The molecule has 0 saturated carbocycles. The van der Waals surface area contributed by atoms with Crippen LogP contribution in [0.1, 0.15) is 18.5 Å². The molecule has 3 rings (SSSR count). The van der Waals surface area contributed by atoms with Gasteiger partial charge in [0.05, 0.1) is 11.6 Å². The van der Waals surface area contributed by atoms with Crippen molar-refractivity contribution in [2.45, 2.75) is 13.0 Å². The highest BCUT2D eigenvalue weighted by Gasteiger charge is 2.35. The first-order chi connectivity index (χ1) is 13.0. The van der Waals surface area contributed by atoms with Gasteiger partial charge in [0.2, 0.25) is 0 Å². The number of hydrogen-bond acceptors (Lipinski definition) is 3. The lowest BCUT2D eigenvalue weighted by atomic mass is 9.94. The van der Waals surface area contributed by atoms with Crippen LogP contribution in [0.4, 0.5) is 10.1 Å². The molecule has 1 N–H and O–H groups in total. The first-order valence-corrected chi connectivity index (χ1v) is 8.83. The molecule has 1 atom stereocenters. The predicted octanol–water partition coefficient (Wildman–Crippen LogP) is 4.26. The molecule has 0 unspecified atom stereocenters.